The van der Waals surface area contributed by atoms with Gasteiger partial charge in [-0.1, -0.05) is 35.4 Å². The molecular weight excluding hydrogens is 466 g/mol. The summed E-state index contributed by atoms with van der Waals surface area (Å²) in [4.78, 5) is 44.8. The van der Waals surface area contributed by atoms with Crippen LogP contribution in [0.1, 0.15) is 71.9 Å². The highest BCUT2D eigenvalue weighted by Gasteiger charge is 2.35. The molecule has 0 bridgehead atoms. The molecule has 0 radical (unpaired) electrons. The zero-order valence-corrected chi connectivity index (χ0v) is 23.6. The van der Waals surface area contributed by atoms with Crippen molar-refractivity contribution in [1.29, 1.82) is 0 Å². The van der Waals surface area contributed by atoms with Crippen LogP contribution in [0, 0.1) is 27.7 Å². The van der Waals surface area contributed by atoms with Crippen LogP contribution in [0.5, 0.6) is 0 Å². The quantitative estimate of drug-likeness (QED) is 0.558. The van der Waals surface area contributed by atoms with E-state index in [0.717, 1.165) is 22.3 Å². The molecular formula is C30H41N3O4. The van der Waals surface area contributed by atoms with Crippen LogP contribution in [0.2, 0.25) is 0 Å². The van der Waals surface area contributed by atoms with E-state index < -0.39 is 11.7 Å². The molecule has 0 saturated carbocycles. The number of carbonyl (C=O) groups excluding carboxylic acids is 3. The molecule has 3 rings (SSSR count). The highest BCUT2D eigenvalue weighted by atomic mass is 16.6. The summed E-state index contributed by atoms with van der Waals surface area (Å²) >= 11 is 0. The number of likely N-dealkylation sites (N-methyl/N-ethyl adjacent to an activating group) is 1. The van der Waals surface area contributed by atoms with Gasteiger partial charge in [-0.05, 0) is 84.2 Å². The number of rotatable bonds is 5. The van der Waals surface area contributed by atoms with Crippen molar-refractivity contribution in [2.24, 2.45) is 0 Å². The van der Waals surface area contributed by atoms with Crippen LogP contribution in [0.15, 0.2) is 36.4 Å². The molecule has 1 saturated heterocycles. The zero-order chi connectivity index (χ0) is 27.5. The summed E-state index contributed by atoms with van der Waals surface area (Å²) < 4.78 is 5.50. The second-order valence-electron chi connectivity index (χ2n) is 11.1. The van der Waals surface area contributed by atoms with Gasteiger partial charge in [-0.15, -0.1) is 0 Å². The van der Waals surface area contributed by atoms with Gasteiger partial charge in [0.15, 0.2) is 0 Å². The fourth-order valence-corrected chi connectivity index (χ4v) is 4.69. The van der Waals surface area contributed by atoms with Crippen LogP contribution in [0.3, 0.4) is 0 Å². The van der Waals surface area contributed by atoms with E-state index in [1.165, 1.54) is 10.5 Å². The van der Waals surface area contributed by atoms with Gasteiger partial charge in [-0.2, -0.15) is 0 Å². The second-order valence-corrected chi connectivity index (χ2v) is 11.1. The molecule has 37 heavy (non-hydrogen) atoms. The summed E-state index contributed by atoms with van der Waals surface area (Å²) in [7, 11) is 0. The number of piperazine rings is 1. The lowest BCUT2D eigenvalue weighted by molar-refractivity contribution is -0.137. The maximum absolute atomic E-state index is 13.6. The summed E-state index contributed by atoms with van der Waals surface area (Å²) in [6.07, 6.45) is -0.505. The zero-order valence-electron chi connectivity index (χ0n) is 23.6. The Morgan fingerprint density at radius 2 is 1.59 bits per heavy atom. The van der Waals surface area contributed by atoms with Gasteiger partial charge >= 0.3 is 6.09 Å². The minimum absolute atomic E-state index is 0.0309. The lowest BCUT2D eigenvalue weighted by Crippen LogP contribution is -2.54. The molecule has 0 aliphatic carbocycles. The Kier molecular flexibility index (Phi) is 8.67. The number of hydrogen-bond donors (Lipinski definition) is 0. The summed E-state index contributed by atoms with van der Waals surface area (Å²) in [5.74, 6) is -0.189. The third kappa shape index (κ3) is 7.12. The second kappa shape index (κ2) is 11.4. The van der Waals surface area contributed by atoms with E-state index in [-0.39, 0.29) is 24.4 Å². The van der Waals surface area contributed by atoms with Gasteiger partial charge in [0.2, 0.25) is 5.91 Å². The van der Waals surface area contributed by atoms with Crippen LogP contribution in [0.4, 0.5) is 4.79 Å². The normalized spacial score (nSPS) is 15.9. The Balaban J connectivity index is 1.87. The summed E-state index contributed by atoms with van der Waals surface area (Å²) in [5.41, 5.74) is 5.40. The molecule has 200 valence electrons. The number of aryl methyl sites for hydroxylation is 4. The van der Waals surface area contributed by atoms with E-state index in [1.54, 1.807) is 0 Å². The van der Waals surface area contributed by atoms with E-state index in [2.05, 4.69) is 25.1 Å². The van der Waals surface area contributed by atoms with Gasteiger partial charge in [0, 0.05) is 31.7 Å². The molecule has 1 unspecified atom stereocenters. The van der Waals surface area contributed by atoms with E-state index in [4.69, 9.17) is 4.74 Å². The molecule has 0 N–H and O–H groups in total. The number of ether oxygens (including phenoxy) is 1. The van der Waals surface area contributed by atoms with Crippen molar-refractivity contribution >= 4 is 17.9 Å². The maximum atomic E-state index is 13.6. The summed E-state index contributed by atoms with van der Waals surface area (Å²) in [6.45, 7) is 16.8. The van der Waals surface area contributed by atoms with E-state index in [9.17, 15) is 14.4 Å². The molecule has 0 spiro atoms. The first-order valence-electron chi connectivity index (χ1n) is 13.0. The van der Waals surface area contributed by atoms with Crippen molar-refractivity contribution in [3.8, 4) is 0 Å². The third-order valence-electron chi connectivity index (χ3n) is 6.73. The number of carbonyl (C=O) groups is 3. The van der Waals surface area contributed by atoms with Crippen molar-refractivity contribution in [2.75, 3.05) is 32.7 Å². The number of benzene rings is 2. The largest absolute Gasteiger partial charge is 0.444 e. The maximum Gasteiger partial charge on any atom is 0.410 e. The average molecular weight is 508 g/mol. The molecule has 0 aromatic heterocycles. The van der Waals surface area contributed by atoms with Gasteiger partial charge in [0.1, 0.15) is 12.1 Å². The van der Waals surface area contributed by atoms with Crippen LogP contribution < -0.4 is 0 Å². The third-order valence-corrected chi connectivity index (χ3v) is 6.73. The van der Waals surface area contributed by atoms with Crippen molar-refractivity contribution in [1.82, 2.24) is 14.7 Å². The highest BCUT2D eigenvalue weighted by Crippen LogP contribution is 2.29. The molecule has 3 amide bonds. The molecule has 1 heterocycles. The van der Waals surface area contributed by atoms with Crippen molar-refractivity contribution in [3.63, 3.8) is 0 Å². The molecule has 1 aliphatic heterocycles. The van der Waals surface area contributed by atoms with Gasteiger partial charge < -0.3 is 14.5 Å². The van der Waals surface area contributed by atoms with Gasteiger partial charge in [0.25, 0.3) is 5.91 Å². The topological polar surface area (TPSA) is 70.2 Å². The first-order chi connectivity index (χ1) is 17.3. The van der Waals surface area contributed by atoms with Gasteiger partial charge in [-0.3, -0.25) is 14.5 Å². The molecule has 7 heteroatoms. The Labute approximate surface area is 221 Å². The smallest absolute Gasteiger partial charge is 0.410 e. The minimum atomic E-state index is -0.643. The predicted octanol–water partition coefficient (Wildman–Crippen LogP) is 5.20. The Morgan fingerprint density at radius 3 is 2.16 bits per heavy atom. The van der Waals surface area contributed by atoms with Crippen LogP contribution in [0.25, 0.3) is 0 Å². The Morgan fingerprint density at radius 1 is 0.946 bits per heavy atom. The van der Waals surface area contributed by atoms with Crippen molar-refractivity contribution < 1.29 is 19.1 Å². The molecule has 2 aromatic carbocycles. The molecule has 7 nitrogen and oxygen atoms in total. The molecule has 1 atom stereocenters. The van der Waals surface area contributed by atoms with Crippen LogP contribution in [-0.4, -0.2) is 70.9 Å². The monoisotopic (exact) mass is 507 g/mol. The molecule has 2 aromatic rings. The fraction of sp³-hybridized carbons (Fsp3) is 0.500. The fourth-order valence-electron chi connectivity index (χ4n) is 4.69. The van der Waals surface area contributed by atoms with E-state index in [0.29, 0.717) is 31.7 Å². The van der Waals surface area contributed by atoms with Crippen molar-refractivity contribution in [2.45, 2.75) is 67.0 Å². The average Bonchev–Trinajstić information content (AvgIpc) is 2.81. The van der Waals surface area contributed by atoms with E-state index in [1.807, 2.05) is 76.5 Å². The molecule has 1 fully saturated rings. The lowest BCUT2D eigenvalue weighted by Gasteiger charge is -2.42. The summed E-state index contributed by atoms with van der Waals surface area (Å²) in [6, 6.07) is 11.7. The van der Waals surface area contributed by atoms with E-state index >= 15 is 0 Å². The van der Waals surface area contributed by atoms with Gasteiger partial charge in [0.05, 0.1) is 6.04 Å². The number of nitrogens with zero attached hydrogens (tertiary/aromatic N) is 3. The van der Waals surface area contributed by atoms with Crippen LogP contribution >= 0.6 is 0 Å². The first-order valence-corrected chi connectivity index (χ1v) is 13.0. The standard InChI is InChI=1S/C30H41N3O4/c1-9-31(29(36)37-30(6,7)8)19-27(34)33-13-12-32(28(35)25-15-20(2)14-21(3)16-25)18-26(33)24-11-10-22(4)23(5)17-24/h10-11,14-17,26H,9,12-13,18-19H2,1-8H3. The number of amides is 3. The number of hydrogen-bond acceptors (Lipinski definition) is 4. The SMILES string of the molecule is CCN(CC(=O)N1CCN(C(=O)c2cc(C)cc(C)c2)CC1c1ccc(C)c(C)c1)C(=O)OC(C)(C)C. The highest BCUT2D eigenvalue weighted by molar-refractivity contribution is 5.95. The Hall–Kier alpha value is -3.35. The first kappa shape index (κ1) is 28.2. The predicted molar refractivity (Wildman–Crippen MR) is 146 cm³/mol. The lowest BCUT2D eigenvalue weighted by atomic mass is 9.97. The molecule has 1 aliphatic rings. The Bertz CT molecular complexity index is 1150. The minimum Gasteiger partial charge on any atom is -0.444 e. The van der Waals surface area contributed by atoms with Crippen molar-refractivity contribution in [3.05, 3.63) is 69.8 Å². The van der Waals surface area contributed by atoms with Crippen LogP contribution in [-0.2, 0) is 9.53 Å². The summed E-state index contributed by atoms with van der Waals surface area (Å²) in [5, 5.41) is 0. The van der Waals surface area contributed by atoms with Gasteiger partial charge in [-0.25, -0.2) is 4.79 Å².